The Kier molecular flexibility index (Phi) is 4.12. The van der Waals surface area contributed by atoms with Crippen LogP contribution >= 0.6 is 0 Å². The average molecular weight is 273 g/mol. The van der Waals surface area contributed by atoms with Crippen molar-refractivity contribution < 1.29 is 9.90 Å². The fourth-order valence-electron chi connectivity index (χ4n) is 3.02. The summed E-state index contributed by atoms with van der Waals surface area (Å²) >= 11 is 0. The number of carboxylic acids is 1. The minimum atomic E-state index is -1.16. The molecule has 1 fully saturated rings. The standard InChI is InChI=1S/C16H22N2O2/c1-11-8-14(10-16(2,3)9-11)18-17-13-6-4-12(5-7-13)15(19)20/h4-7,11,17H,8-10H2,1-3H3,(H,19,20)/p-1/b18-14-/t11-/m1/s1. The van der Waals surface area contributed by atoms with Gasteiger partial charge >= 0.3 is 0 Å². The van der Waals surface area contributed by atoms with Crippen LogP contribution < -0.4 is 10.5 Å². The SMILES string of the molecule is C[C@@H]1C/C(=N/Nc2ccc(C(=O)[O-])cc2)CC(C)(C)C1. The molecule has 0 radical (unpaired) electrons. The summed E-state index contributed by atoms with van der Waals surface area (Å²) in [6.45, 7) is 6.80. The third-order valence-electron chi connectivity index (χ3n) is 3.63. The molecule has 1 aromatic carbocycles. The molecule has 2 rings (SSSR count). The van der Waals surface area contributed by atoms with E-state index >= 15 is 0 Å². The molecule has 1 atom stereocenters. The van der Waals surface area contributed by atoms with E-state index in [1.807, 2.05) is 0 Å². The van der Waals surface area contributed by atoms with Crippen LogP contribution in [-0.2, 0) is 0 Å². The Bertz CT molecular complexity index is 518. The molecular formula is C16H21N2O2-. The number of benzene rings is 1. The van der Waals surface area contributed by atoms with Crippen molar-refractivity contribution in [2.45, 2.75) is 40.0 Å². The van der Waals surface area contributed by atoms with Crippen molar-refractivity contribution in [2.75, 3.05) is 5.43 Å². The third-order valence-corrected chi connectivity index (χ3v) is 3.63. The van der Waals surface area contributed by atoms with Crippen molar-refractivity contribution in [3.8, 4) is 0 Å². The average Bonchev–Trinajstić information content (AvgIpc) is 2.34. The van der Waals surface area contributed by atoms with Crippen molar-refractivity contribution in [1.82, 2.24) is 0 Å². The molecule has 4 heteroatoms. The summed E-state index contributed by atoms with van der Waals surface area (Å²) in [5.41, 5.74) is 5.46. The van der Waals surface area contributed by atoms with Gasteiger partial charge in [-0.25, -0.2) is 0 Å². The summed E-state index contributed by atoms with van der Waals surface area (Å²) in [4.78, 5) is 10.7. The Morgan fingerprint density at radius 2 is 2.00 bits per heavy atom. The van der Waals surface area contributed by atoms with Gasteiger partial charge in [0.2, 0.25) is 0 Å². The lowest BCUT2D eigenvalue weighted by molar-refractivity contribution is -0.255. The van der Waals surface area contributed by atoms with Gasteiger partial charge in [0.05, 0.1) is 11.7 Å². The zero-order chi connectivity index (χ0) is 14.8. The van der Waals surface area contributed by atoms with Crippen molar-refractivity contribution in [3.63, 3.8) is 0 Å². The first-order chi connectivity index (χ1) is 9.35. The minimum absolute atomic E-state index is 0.177. The smallest absolute Gasteiger partial charge is 0.0715 e. The lowest BCUT2D eigenvalue weighted by Gasteiger charge is -2.34. The molecule has 0 heterocycles. The number of carboxylic acid groups (broad SMARTS) is 1. The van der Waals surface area contributed by atoms with Gasteiger partial charge in [0.15, 0.2) is 0 Å². The molecule has 1 N–H and O–H groups in total. The third kappa shape index (κ3) is 3.83. The lowest BCUT2D eigenvalue weighted by atomic mass is 9.72. The lowest BCUT2D eigenvalue weighted by Crippen LogP contribution is -2.28. The fraction of sp³-hybridized carbons (Fsp3) is 0.500. The van der Waals surface area contributed by atoms with Gasteiger partial charge in [0.25, 0.3) is 0 Å². The van der Waals surface area contributed by atoms with E-state index < -0.39 is 5.97 Å². The highest BCUT2D eigenvalue weighted by atomic mass is 16.4. The second-order valence-electron chi connectivity index (χ2n) is 6.51. The number of anilines is 1. The van der Waals surface area contributed by atoms with Gasteiger partial charge < -0.3 is 9.90 Å². The molecule has 0 saturated heterocycles. The molecule has 20 heavy (non-hydrogen) atoms. The van der Waals surface area contributed by atoms with E-state index in [2.05, 4.69) is 31.3 Å². The van der Waals surface area contributed by atoms with E-state index in [0.29, 0.717) is 11.3 Å². The van der Waals surface area contributed by atoms with Crippen molar-refractivity contribution in [3.05, 3.63) is 29.8 Å². The molecule has 1 aromatic rings. The molecule has 1 aliphatic rings. The molecule has 0 aromatic heterocycles. The molecule has 0 aliphatic heterocycles. The number of rotatable bonds is 3. The molecule has 0 unspecified atom stereocenters. The molecule has 0 spiro atoms. The summed E-state index contributed by atoms with van der Waals surface area (Å²) in [6, 6.07) is 6.44. The van der Waals surface area contributed by atoms with Crippen molar-refractivity contribution in [2.24, 2.45) is 16.4 Å². The zero-order valence-corrected chi connectivity index (χ0v) is 12.3. The number of hydrogen-bond donors (Lipinski definition) is 1. The van der Waals surface area contributed by atoms with Crippen LogP contribution in [-0.4, -0.2) is 11.7 Å². The molecule has 4 nitrogen and oxygen atoms in total. The van der Waals surface area contributed by atoms with Crippen LogP contribution in [0.4, 0.5) is 5.69 Å². The largest absolute Gasteiger partial charge is 0.545 e. The maximum Gasteiger partial charge on any atom is 0.0715 e. The molecule has 1 aliphatic carbocycles. The van der Waals surface area contributed by atoms with E-state index in [-0.39, 0.29) is 5.56 Å². The number of carbonyl (C=O) groups is 1. The Morgan fingerprint density at radius 1 is 1.35 bits per heavy atom. The molecular weight excluding hydrogens is 252 g/mol. The van der Waals surface area contributed by atoms with Gasteiger partial charge in [-0.3, -0.25) is 5.43 Å². The number of carbonyl (C=O) groups excluding carboxylic acids is 1. The first-order valence-corrected chi connectivity index (χ1v) is 6.98. The van der Waals surface area contributed by atoms with Gasteiger partial charge in [-0.15, -0.1) is 0 Å². The van der Waals surface area contributed by atoms with Crippen LogP contribution in [0.1, 0.15) is 50.4 Å². The number of nitrogens with one attached hydrogen (secondary N) is 1. The Labute approximate surface area is 119 Å². The van der Waals surface area contributed by atoms with E-state index in [0.717, 1.165) is 18.5 Å². The first-order valence-electron chi connectivity index (χ1n) is 6.98. The predicted octanol–water partition coefficient (Wildman–Crippen LogP) is 2.66. The van der Waals surface area contributed by atoms with E-state index in [1.165, 1.54) is 24.3 Å². The van der Waals surface area contributed by atoms with Crippen LogP contribution in [0.2, 0.25) is 0 Å². The summed E-state index contributed by atoms with van der Waals surface area (Å²) in [7, 11) is 0. The summed E-state index contributed by atoms with van der Waals surface area (Å²) in [6.07, 6.45) is 3.25. The highest BCUT2D eigenvalue weighted by molar-refractivity contribution is 5.87. The first kappa shape index (κ1) is 14.6. The zero-order valence-electron chi connectivity index (χ0n) is 12.3. The summed E-state index contributed by atoms with van der Waals surface area (Å²) in [5, 5.41) is 15.1. The highest BCUT2D eigenvalue weighted by Gasteiger charge is 2.29. The summed E-state index contributed by atoms with van der Waals surface area (Å²) in [5.74, 6) is -0.509. The van der Waals surface area contributed by atoms with Crippen LogP contribution in [0.25, 0.3) is 0 Å². The number of hydrazone groups is 1. The van der Waals surface area contributed by atoms with Gasteiger partial charge in [-0.1, -0.05) is 32.9 Å². The van der Waals surface area contributed by atoms with E-state index in [4.69, 9.17) is 0 Å². The van der Waals surface area contributed by atoms with Crippen LogP contribution in [0.3, 0.4) is 0 Å². The van der Waals surface area contributed by atoms with Crippen molar-refractivity contribution in [1.29, 1.82) is 0 Å². The number of nitrogens with zero attached hydrogens (tertiary/aromatic N) is 1. The van der Waals surface area contributed by atoms with E-state index in [9.17, 15) is 9.90 Å². The number of aromatic carboxylic acids is 1. The van der Waals surface area contributed by atoms with Gasteiger partial charge in [-0.2, -0.15) is 5.10 Å². The van der Waals surface area contributed by atoms with Gasteiger partial charge in [-0.05, 0) is 48.3 Å². The highest BCUT2D eigenvalue weighted by Crippen LogP contribution is 2.37. The second kappa shape index (κ2) is 5.65. The molecule has 1 saturated carbocycles. The Balaban J connectivity index is 2.03. The second-order valence-corrected chi connectivity index (χ2v) is 6.51. The molecule has 0 amide bonds. The van der Waals surface area contributed by atoms with Crippen LogP contribution in [0, 0.1) is 11.3 Å². The number of hydrogen-bond acceptors (Lipinski definition) is 4. The maximum atomic E-state index is 10.7. The van der Waals surface area contributed by atoms with Crippen LogP contribution in [0.5, 0.6) is 0 Å². The predicted molar refractivity (Wildman–Crippen MR) is 78.6 cm³/mol. The molecule has 0 bridgehead atoms. The quantitative estimate of drug-likeness (QED) is 0.861. The Morgan fingerprint density at radius 3 is 2.55 bits per heavy atom. The van der Waals surface area contributed by atoms with Gasteiger partial charge in [0.1, 0.15) is 0 Å². The van der Waals surface area contributed by atoms with Crippen molar-refractivity contribution >= 4 is 17.4 Å². The molecule has 108 valence electrons. The van der Waals surface area contributed by atoms with E-state index in [1.54, 1.807) is 12.1 Å². The topological polar surface area (TPSA) is 64.5 Å². The minimum Gasteiger partial charge on any atom is -0.545 e. The fourth-order valence-corrected chi connectivity index (χ4v) is 3.02. The van der Waals surface area contributed by atoms with Crippen LogP contribution in [0.15, 0.2) is 29.4 Å². The Hall–Kier alpha value is -1.84. The van der Waals surface area contributed by atoms with Gasteiger partial charge in [0, 0.05) is 5.71 Å². The maximum absolute atomic E-state index is 10.7. The summed E-state index contributed by atoms with van der Waals surface area (Å²) < 4.78 is 0. The monoisotopic (exact) mass is 273 g/mol. The normalized spacial score (nSPS) is 23.6.